The summed E-state index contributed by atoms with van der Waals surface area (Å²) in [4.78, 5) is 11.2. The maximum atomic E-state index is 11.2. The van der Waals surface area contributed by atoms with Gasteiger partial charge in [0.1, 0.15) is 18.3 Å². The highest BCUT2D eigenvalue weighted by Crippen LogP contribution is 2.22. The van der Waals surface area contributed by atoms with Gasteiger partial charge in [-0.3, -0.25) is 4.79 Å². The molecule has 0 saturated heterocycles. The number of carbonyl (C=O) groups is 1. The quantitative estimate of drug-likeness (QED) is 0.875. The average molecular weight is 268 g/mol. The summed E-state index contributed by atoms with van der Waals surface area (Å²) in [7, 11) is 0. The molecule has 0 atom stereocenters. The molecule has 1 aromatic heterocycles. The predicted molar refractivity (Wildman–Crippen MR) is 76.7 cm³/mol. The summed E-state index contributed by atoms with van der Waals surface area (Å²) in [6, 6.07) is 11.6. The Morgan fingerprint density at radius 1 is 1.40 bits per heavy atom. The summed E-state index contributed by atoms with van der Waals surface area (Å²) >= 11 is 0. The minimum Gasteiger partial charge on any atom is -0.397 e. The molecular formula is C15H16N4O. The second-order valence-corrected chi connectivity index (χ2v) is 4.76. The molecule has 2 aromatic rings. The predicted octanol–water partition coefficient (Wildman–Crippen LogP) is 1.33. The Balaban J connectivity index is 2.43. The molecule has 1 aromatic carbocycles. The van der Waals surface area contributed by atoms with Crippen LogP contribution >= 0.6 is 0 Å². The van der Waals surface area contributed by atoms with Crippen LogP contribution in [0.15, 0.2) is 30.3 Å². The van der Waals surface area contributed by atoms with Crippen LogP contribution in [0, 0.1) is 18.3 Å². The SMILES string of the molecule is Cc1cccc(Cc2c(N)cc(C#N)n2CC(N)=O)c1. The number of hydrogen-bond donors (Lipinski definition) is 2. The van der Waals surface area contributed by atoms with Gasteiger partial charge in [0.15, 0.2) is 0 Å². The number of nitriles is 1. The third kappa shape index (κ3) is 2.81. The Kier molecular flexibility index (Phi) is 3.76. The number of aromatic nitrogens is 1. The fourth-order valence-corrected chi connectivity index (χ4v) is 2.25. The topological polar surface area (TPSA) is 97.8 Å². The van der Waals surface area contributed by atoms with Crippen LogP contribution in [0.4, 0.5) is 5.69 Å². The Morgan fingerprint density at radius 3 is 2.75 bits per heavy atom. The Bertz CT molecular complexity index is 694. The zero-order chi connectivity index (χ0) is 14.7. The number of aryl methyl sites for hydroxylation is 1. The van der Waals surface area contributed by atoms with E-state index in [0.717, 1.165) is 16.8 Å². The maximum Gasteiger partial charge on any atom is 0.237 e. The van der Waals surface area contributed by atoms with Crippen LogP contribution in [0.3, 0.4) is 0 Å². The highest BCUT2D eigenvalue weighted by Gasteiger charge is 2.15. The van der Waals surface area contributed by atoms with E-state index in [-0.39, 0.29) is 6.54 Å². The number of anilines is 1. The summed E-state index contributed by atoms with van der Waals surface area (Å²) < 4.78 is 1.58. The van der Waals surface area contributed by atoms with Crippen molar-refractivity contribution in [1.29, 1.82) is 5.26 Å². The van der Waals surface area contributed by atoms with Crippen molar-refractivity contribution in [2.75, 3.05) is 5.73 Å². The van der Waals surface area contributed by atoms with Crippen molar-refractivity contribution in [2.24, 2.45) is 5.73 Å². The van der Waals surface area contributed by atoms with E-state index in [9.17, 15) is 4.79 Å². The lowest BCUT2D eigenvalue weighted by atomic mass is 10.1. The third-order valence-electron chi connectivity index (χ3n) is 3.12. The Hall–Kier alpha value is -2.74. The summed E-state index contributed by atoms with van der Waals surface area (Å²) in [6.45, 7) is 1.97. The lowest BCUT2D eigenvalue weighted by molar-refractivity contribution is -0.118. The molecule has 0 aliphatic carbocycles. The van der Waals surface area contributed by atoms with Gasteiger partial charge in [0.05, 0.1) is 5.69 Å². The van der Waals surface area contributed by atoms with Gasteiger partial charge in [0.2, 0.25) is 5.91 Å². The number of nitrogens with zero attached hydrogens (tertiary/aromatic N) is 2. The molecule has 0 radical (unpaired) electrons. The number of hydrogen-bond acceptors (Lipinski definition) is 3. The van der Waals surface area contributed by atoms with Crippen molar-refractivity contribution in [3.8, 4) is 6.07 Å². The number of primary amides is 1. The van der Waals surface area contributed by atoms with Gasteiger partial charge in [0, 0.05) is 12.1 Å². The molecule has 20 heavy (non-hydrogen) atoms. The number of rotatable bonds is 4. The van der Waals surface area contributed by atoms with E-state index >= 15 is 0 Å². The van der Waals surface area contributed by atoms with Crippen LogP contribution in [0.2, 0.25) is 0 Å². The molecule has 0 saturated carbocycles. The normalized spacial score (nSPS) is 10.2. The summed E-state index contributed by atoms with van der Waals surface area (Å²) in [5.74, 6) is -0.498. The molecule has 102 valence electrons. The second kappa shape index (κ2) is 5.49. The summed E-state index contributed by atoms with van der Waals surface area (Å²) in [5.41, 5.74) is 15.0. The van der Waals surface area contributed by atoms with Gasteiger partial charge in [0.25, 0.3) is 0 Å². The van der Waals surface area contributed by atoms with E-state index in [1.165, 1.54) is 0 Å². The van der Waals surface area contributed by atoms with Gasteiger partial charge in [-0.2, -0.15) is 5.26 Å². The van der Waals surface area contributed by atoms with E-state index in [1.807, 2.05) is 37.3 Å². The molecule has 1 heterocycles. The molecule has 0 spiro atoms. The molecule has 4 N–H and O–H groups in total. The fourth-order valence-electron chi connectivity index (χ4n) is 2.25. The highest BCUT2D eigenvalue weighted by atomic mass is 16.1. The number of nitrogen functional groups attached to an aromatic ring is 1. The molecular weight excluding hydrogens is 252 g/mol. The van der Waals surface area contributed by atoms with Crippen molar-refractivity contribution in [3.05, 3.63) is 52.8 Å². The molecule has 1 amide bonds. The summed E-state index contributed by atoms with van der Waals surface area (Å²) in [5, 5.41) is 9.10. The Morgan fingerprint density at radius 2 is 2.15 bits per heavy atom. The van der Waals surface area contributed by atoms with Gasteiger partial charge in [-0.15, -0.1) is 0 Å². The summed E-state index contributed by atoms with van der Waals surface area (Å²) in [6.07, 6.45) is 0.558. The van der Waals surface area contributed by atoms with Crippen molar-refractivity contribution >= 4 is 11.6 Å². The molecule has 0 fully saturated rings. The zero-order valence-electron chi connectivity index (χ0n) is 11.3. The van der Waals surface area contributed by atoms with E-state index < -0.39 is 5.91 Å². The lowest BCUT2D eigenvalue weighted by Crippen LogP contribution is -2.21. The maximum absolute atomic E-state index is 11.2. The van der Waals surface area contributed by atoms with Crippen molar-refractivity contribution in [3.63, 3.8) is 0 Å². The third-order valence-corrected chi connectivity index (χ3v) is 3.12. The molecule has 0 aliphatic heterocycles. The first-order chi connectivity index (χ1) is 9.51. The zero-order valence-corrected chi connectivity index (χ0v) is 11.3. The van der Waals surface area contributed by atoms with E-state index in [2.05, 4.69) is 0 Å². The first-order valence-corrected chi connectivity index (χ1v) is 6.23. The smallest absolute Gasteiger partial charge is 0.237 e. The minimum absolute atomic E-state index is 0.0404. The molecule has 5 heteroatoms. The van der Waals surface area contributed by atoms with Crippen LogP contribution < -0.4 is 11.5 Å². The largest absolute Gasteiger partial charge is 0.397 e. The number of carbonyl (C=O) groups excluding carboxylic acids is 1. The Labute approximate surface area is 117 Å². The fraction of sp³-hybridized carbons (Fsp3) is 0.200. The van der Waals surface area contributed by atoms with Crippen molar-refractivity contribution < 1.29 is 4.79 Å². The first kappa shape index (κ1) is 13.7. The number of nitrogens with two attached hydrogens (primary N) is 2. The second-order valence-electron chi connectivity index (χ2n) is 4.76. The van der Waals surface area contributed by atoms with Gasteiger partial charge >= 0.3 is 0 Å². The van der Waals surface area contributed by atoms with Crippen molar-refractivity contribution in [1.82, 2.24) is 4.57 Å². The van der Waals surface area contributed by atoms with Crippen LogP contribution in [-0.4, -0.2) is 10.5 Å². The monoisotopic (exact) mass is 268 g/mol. The average Bonchev–Trinajstić information content (AvgIpc) is 2.66. The molecule has 0 bridgehead atoms. The van der Waals surface area contributed by atoms with E-state index in [4.69, 9.17) is 16.7 Å². The van der Waals surface area contributed by atoms with Crippen molar-refractivity contribution in [2.45, 2.75) is 19.9 Å². The van der Waals surface area contributed by atoms with Gasteiger partial charge in [-0.25, -0.2) is 0 Å². The molecule has 5 nitrogen and oxygen atoms in total. The highest BCUT2D eigenvalue weighted by molar-refractivity contribution is 5.74. The van der Waals surface area contributed by atoms with Gasteiger partial charge in [-0.05, 0) is 18.6 Å². The van der Waals surface area contributed by atoms with Crippen LogP contribution in [0.1, 0.15) is 22.5 Å². The van der Waals surface area contributed by atoms with Crippen LogP contribution in [0.25, 0.3) is 0 Å². The number of benzene rings is 1. The van der Waals surface area contributed by atoms with Gasteiger partial charge < -0.3 is 16.0 Å². The molecule has 0 unspecified atom stereocenters. The number of amides is 1. The van der Waals surface area contributed by atoms with Crippen LogP contribution in [0.5, 0.6) is 0 Å². The first-order valence-electron chi connectivity index (χ1n) is 6.23. The molecule has 0 aliphatic rings. The van der Waals surface area contributed by atoms with E-state index in [0.29, 0.717) is 17.8 Å². The van der Waals surface area contributed by atoms with Crippen LogP contribution in [-0.2, 0) is 17.8 Å². The van der Waals surface area contributed by atoms with Gasteiger partial charge in [-0.1, -0.05) is 29.8 Å². The standard InChI is InChI=1S/C15H16N4O/c1-10-3-2-4-11(5-10)6-14-13(17)7-12(8-16)19(14)9-15(18)20/h2-5,7H,6,9,17H2,1H3,(H2,18,20). The minimum atomic E-state index is -0.498. The lowest BCUT2D eigenvalue weighted by Gasteiger charge is -2.10. The molecule has 2 rings (SSSR count). The van der Waals surface area contributed by atoms with E-state index in [1.54, 1.807) is 10.6 Å².